The van der Waals surface area contributed by atoms with Crippen molar-refractivity contribution in [1.82, 2.24) is 21.3 Å². The first-order valence-electron chi connectivity index (χ1n) is 29.7. The highest BCUT2D eigenvalue weighted by Crippen LogP contribution is 2.45. The number of unbranched alkanes of at least 4 members (excludes halogenated alkanes) is 1. The average molecular weight is 1230 g/mol. The predicted octanol–water partition coefficient (Wildman–Crippen LogP) is 4.84. The molecule has 7 N–H and O–H groups in total. The number of nitrogens with one attached hydrogen (secondary N) is 4. The van der Waals surface area contributed by atoms with E-state index in [-0.39, 0.29) is 99.5 Å². The second-order valence-electron chi connectivity index (χ2n) is 24.2. The summed E-state index contributed by atoms with van der Waals surface area (Å²) in [5, 5.41) is 42.1. The van der Waals surface area contributed by atoms with Gasteiger partial charge in [-0.05, 0) is 99.6 Å². The summed E-state index contributed by atoms with van der Waals surface area (Å²) in [7, 11) is 2.70. The molecule has 2 saturated heterocycles. The van der Waals surface area contributed by atoms with Crippen molar-refractivity contribution in [2.75, 3.05) is 27.3 Å². The highest BCUT2D eigenvalue weighted by Gasteiger charge is 2.49. The Morgan fingerprint density at radius 1 is 0.837 bits per heavy atom. The Labute approximate surface area is 508 Å². The maximum Gasteiger partial charge on any atom is 0.347 e. The minimum atomic E-state index is -1.72. The van der Waals surface area contributed by atoms with Crippen molar-refractivity contribution in [1.29, 1.82) is 0 Å². The molecule has 0 aliphatic carbocycles. The van der Waals surface area contributed by atoms with Crippen LogP contribution in [0.1, 0.15) is 142 Å². The molecule has 23 heteroatoms. The third kappa shape index (κ3) is 21.0. The molecule has 4 amide bonds. The van der Waals surface area contributed by atoms with Gasteiger partial charge < -0.3 is 69.8 Å². The van der Waals surface area contributed by atoms with Crippen LogP contribution >= 0.6 is 11.6 Å². The van der Waals surface area contributed by atoms with Crippen molar-refractivity contribution in [2.24, 2.45) is 29.1 Å². The molecule has 0 spiro atoms. The number of esters is 2. The fraction of sp³-hybridized carbons (Fsp3) is 0.635. The van der Waals surface area contributed by atoms with Gasteiger partial charge in [-0.1, -0.05) is 89.0 Å². The van der Waals surface area contributed by atoms with Crippen LogP contribution in [0.2, 0.25) is 5.02 Å². The summed E-state index contributed by atoms with van der Waals surface area (Å²) in [5.74, 6) is -5.42. The van der Waals surface area contributed by atoms with E-state index in [2.05, 4.69) is 21.3 Å². The summed E-state index contributed by atoms with van der Waals surface area (Å²) in [6.07, 6.45) is -5.80. The molecule has 3 heterocycles. The number of aryl methyl sites for hydroxylation is 1. The quantitative estimate of drug-likeness (QED) is 0.0340. The minimum absolute atomic E-state index is 0.0517. The SMILES string of the molecule is COc1ccc(C[C@H]2NC(=O)/C=C/C[C@@H]([C@H](C)[C@H]3O[C@@H]3c3ccc(CCC(=O)[C@H](CCCCNC(=O)[C@H]4O[C@@H](OC)[C@H](O)[C@@H](O)[C@@H]4O)CC(=O)[C@@H](NC(=O)CCCC(C)=O)C(C)C)cc3)OC(=O)[C@H](CC(C)C)OC(=O)C(C)(C)CNC2=O)cc1Cl. The van der Waals surface area contributed by atoms with E-state index >= 15 is 0 Å². The molecule has 2 aromatic rings. The molecule has 0 saturated carbocycles. The summed E-state index contributed by atoms with van der Waals surface area (Å²) >= 11 is 6.39. The molecule has 2 fully saturated rings. The van der Waals surface area contributed by atoms with Gasteiger partial charge >= 0.3 is 11.9 Å². The first-order valence-corrected chi connectivity index (χ1v) is 30.1. The fourth-order valence-corrected chi connectivity index (χ4v) is 10.6. The molecule has 86 heavy (non-hydrogen) atoms. The molecule has 13 atom stereocenters. The molecular weight excluding hydrogens is 1140 g/mol. The first kappa shape index (κ1) is 70.6. The van der Waals surface area contributed by atoms with E-state index in [1.165, 1.54) is 27.2 Å². The first-order chi connectivity index (χ1) is 40.6. The lowest BCUT2D eigenvalue weighted by Gasteiger charge is -2.38. The third-order valence-corrected chi connectivity index (χ3v) is 16.0. The van der Waals surface area contributed by atoms with Gasteiger partial charge in [0.15, 0.2) is 24.3 Å². The van der Waals surface area contributed by atoms with Crippen LogP contribution < -0.4 is 26.0 Å². The topological polar surface area (TPSA) is 321 Å². The van der Waals surface area contributed by atoms with Gasteiger partial charge in [-0.3, -0.25) is 33.6 Å². The lowest BCUT2D eigenvalue weighted by atomic mass is 9.85. The Morgan fingerprint density at radius 3 is 2.17 bits per heavy atom. The summed E-state index contributed by atoms with van der Waals surface area (Å²) in [4.78, 5) is 120. The Morgan fingerprint density at radius 2 is 1.53 bits per heavy atom. The highest BCUT2D eigenvalue weighted by molar-refractivity contribution is 6.32. The number of aliphatic hydroxyl groups is 3. The molecule has 0 radical (unpaired) electrons. The summed E-state index contributed by atoms with van der Waals surface area (Å²) in [5.41, 5.74) is 0.986. The van der Waals surface area contributed by atoms with Gasteiger partial charge in [-0.25, -0.2) is 4.79 Å². The molecule has 22 nitrogen and oxygen atoms in total. The molecule has 0 unspecified atom stereocenters. The number of ether oxygens (including phenoxy) is 6. The van der Waals surface area contributed by atoms with Gasteiger partial charge in [0.1, 0.15) is 53.9 Å². The largest absolute Gasteiger partial charge is 0.495 e. The van der Waals surface area contributed by atoms with E-state index in [9.17, 15) is 58.5 Å². The number of rotatable bonds is 28. The van der Waals surface area contributed by atoms with Crippen LogP contribution in [0.25, 0.3) is 0 Å². The summed E-state index contributed by atoms with van der Waals surface area (Å²) in [6.45, 7) is 13.7. The zero-order valence-corrected chi connectivity index (χ0v) is 51.9. The van der Waals surface area contributed by atoms with Crippen molar-refractivity contribution in [3.05, 3.63) is 76.3 Å². The van der Waals surface area contributed by atoms with Gasteiger partial charge in [0.2, 0.25) is 17.7 Å². The predicted molar refractivity (Wildman–Crippen MR) is 315 cm³/mol. The molecule has 2 aromatic carbocycles. The summed E-state index contributed by atoms with van der Waals surface area (Å²) < 4.78 is 33.9. The number of cyclic esters (lactones) is 2. The van der Waals surface area contributed by atoms with Crippen LogP contribution in [-0.4, -0.2) is 157 Å². The van der Waals surface area contributed by atoms with Crippen LogP contribution in [0.4, 0.5) is 0 Å². The molecule has 3 aliphatic rings. The van der Waals surface area contributed by atoms with E-state index < -0.39 is 114 Å². The van der Waals surface area contributed by atoms with Gasteiger partial charge in [-0.2, -0.15) is 0 Å². The zero-order valence-electron chi connectivity index (χ0n) is 51.1. The van der Waals surface area contributed by atoms with Gasteiger partial charge in [-0.15, -0.1) is 0 Å². The Kier molecular flexibility index (Phi) is 27.3. The number of carbonyl (C=O) groups is 9. The number of methoxy groups -OCH3 is 2. The number of ketones is 3. The Bertz CT molecular complexity index is 2700. The number of carbonyl (C=O) groups excluding carboxylic acids is 9. The van der Waals surface area contributed by atoms with E-state index in [0.717, 1.165) is 11.1 Å². The maximum absolute atomic E-state index is 14.1. The number of amides is 4. The number of hydrogen-bond acceptors (Lipinski definition) is 18. The number of halogens is 1. The highest BCUT2D eigenvalue weighted by atomic mass is 35.5. The Hall–Kier alpha value is -6.14. The normalized spacial score (nSPS) is 26.0. The van der Waals surface area contributed by atoms with Crippen molar-refractivity contribution < 1.29 is 86.9 Å². The lowest BCUT2D eigenvalue weighted by molar-refractivity contribution is -0.283. The molecule has 0 aromatic heterocycles. The van der Waals surface area contributed by atoms with Crippen LogP contribution in [0.15, 0.2) is 54.6 Å². The smallest absolute Gasteiger partial charge is 0.347 e. The average Bonchev–Trinajstić information content (AvgIpc) is 1.95. The van der Waals surface area contributed by atoms with E-state index in [1.807, 2.05) is 45.0 Å². The standard InChI is InChI=1S/C63H89ClN4O18/c1-34(2)29-48-60(79)83-46(17-14-19-49(72)67-43(31-39-23-27-47(81-9)42(64)30-39)58(77)66-33-63(7,8)62(80)84-48)37(6)55-56(85-55)40-24-20-38(21-25-40)22-26-44(70)41(32-45(71)51(35(3)4)68-50(73)18-13-15-36(5)69)16-11-12-28-65-59(78)57-53(75)52(74)54(76)61(82-10)86-57/h14,19-21,23-25,27,30,34-35,37,41,43,46,48,51-57,61,74-76H,11-13,15-18,22,26,28-29,31-33H2,1-10H3,(H,65,78)(H,66,77)(H,67,72)(H,68,73)/b19-14+/t37-,41+,43+,46-,48-,51-,52-,53-,54+,55+,56+,57-,61+/m0/s1. The van der Waals surface area contributed by atoms with Gasteiger partial charge in [0.05, 0.1) is 29.7 Å². The maximum atomic E-state index is 14.1. The van der Waals surface area contributed by atoms with Crippen LogP contribution in [0, 0.1) is 29.1 Å². The van der Waals surface area contributed by atoms with E-state index in [4.69, 9.17) is 40.0 Å². The van der Waals surface area contributed by atoms with Crippen LogP contribution in [0.3, 0.4) is 0 Å². The van der Waals surface area contributed by atoms with Crippen LogP contribution in [-0.2, 0) is 79.7 Å². The molecular formula is C63H89ClN4O18. The minimum Gasteiger partial charge on any atom is -0.495 e. The number of epoxide rings is 1. The monoisotopic (exact) mass is 1220 g/mol. The molecule has 3 aliphatic heterocycles. The van der Waals surface area contributed by atoms with Gasteiger partial charge in [0, 0.05) is 70.6 Å². The zero-order chi connectivity index (χ0) is 63.6. The number of hydrogen-bond donors (Lipinski definition) is 7. The van der Waals surface area contributed by atoms with Crippen molar-refractivity contribution >= 4 is 64.5 Å². The molecule has 0 bridgehead atoms. The van der Waals surface area contributed by atoms with E-state index in [0.29, 0.717) is 42.0 Å². The van der Waals surface area contributed by atoms with E-state index in [1.54, 1.807) is 52.0 Å². The summed E-state index contributed by atoms with van der Waals surface area (Å²) in [6, 6.07) is 10.6. The molecule has 476 valence electrons. The third-order valence-electron chi connectivity index (χ3n) is 15.8. The number of benzene rings is 2. The lowest BCUT2D eigenvalue weighted by Crippen LogP contribution is -2.61. The van der Waals surface area contributed by atoms with Crippen molar-refractivity contribution in [3.63, 3.8) is 0 Å². The van der Waals surface area contributed by atoms with Gasteiger partial charge in [0.25, 0.3) is 5.91 Å². The second-order valence-corrected chi connectivity index (χ2v) is 24.6. The van der Waals surface area contributed by atoms with Crippen molar-refractivity contribution in [2.45, 2.75) is 200 Å². The Balaban J connectivity index is 1.27. The van der Waals surface area contributed by atoms with Crippen LogP contribution in [0.5, 0.6) is 5.75 Å². The fourth-order valence-electron chi connectivity index (χ4n) is 10.4. The number of aliphatic hydroxyl groups excluding tert-OH is 3. The number of Topliss-reactive ketones (excluding diaryl/α,β-unsaturated/α-hetero) is 3. The van der Waals surface area contributed by atoms with Crippen molar-refractivity contribution in [3.8, 4) is 5.75 Å². The second kappa shape index (κ2) is 33.3. The molecule has 5 rings (SSSR count).